The Bertz CT molecular complexity index is 575. The average molecular weight is 249 g/mol. The molecule has 5 heteroatoms. The fourth-order valence-corrected chi connectivity index (χ4v) is 2.47. The lowest BCUT2D eigenvalue weighted by molar-refractivity contribution is 0.0691. The van der Waals surface area contributed by atoms with Crippen molar-refractivity contribution in [1.29, 1.82) is 0 Å². The predicted octanol–water partition coefficient (Wildman–Crippen LogP) is 2.62. The summed E-state index contributed by atoms with van der Waals surface area (Å²) in [6.45, 7) is 3.90. The van der Waals surface area contributed by atoms with Crippen LogP contribution in [0.2, 0.25) is 0 Å². The van der Waals surface area contributed by atoms with Crippen LogP contribution in [0.5, 0.6) is 0 Å². The lowest BCUT2D eigenvalue weighted by atomic mass is 10.1. The summed E-state index contributed by atoms with van der Waals surface area (Å²) in [7, 11) is 0. The zero-order valence-corrected chi connectivity index (χ0v) is 10.2. The van der Waals surface area contributed by atoms with E-state index in [4.69, 9.17) is 5.11 Å². The van der Waals surface area contributed by atoms with Crippen molar-refractivity contribution in [3.8, 4) is 0 Å². The molecule has 2 N–H and O–H groups in total. The summed E-state index contributed by atoms with van der Waals surface area (Å²) in [4.78, 5) is 27.0. The van der Waals surface area contributed by atoms with Crippen molar-refractivity contribution in [1.82, 2.24) is 4.98 Å². The van der Waals surface area contributed by atoms with Gasteiger partial charge >= 0.3 is 5.97 Å². The van der Waals surface area contributed by atoms with Gasteiger partial charge in [-0.3, -0.25) is 4.79 Å². The van der Waals surface area contributed by atoms with Gasteiger partial charge < -0.3 is 10.1 Å². The minimum absolute atomic E-state index is 0.0263. The Labute approximate surface area is 102 Å². The smallest absolute Gasteiger partial charge is 0.352 e. The van der Waals surface area contributed by atoms with Crippen LogP contribution in [0.3, 0.4) is 0 Å². The maximum Gasteiger partial charge on any atom is 0.352 e. The minimum atomic E-state index is -1.07. The molecule has 2 rings (SSSR count). The number of H-pyrrole nitrogens is 1. The maximum atomic E-state index is 12.0. The molecule has 0 aromatic carbocycles. The second kappa shape index (κ2) is 4.18. The minimum Gasteiger partial charge on any atom is -0.477 e. The number of hydrogen-bond donors (Lipinski definition) is 2. The Morgan fingerprint density at radius 1 is 1.29 bits per heavy atom. The van der Waals surface area contributed by atoms with Crippen molar-refractivity contribution >= 4 is 23.1 Å². The third-order valence-electron chi connectivity index (χ3n) is 2.57. The van der Waals surface area contributed by atoms with E-state index in [0.717, 1.165) is 10.4 Å². The molecular formula is C12H11NO3S. The quantitative estimate of drug-likeness (QED) is 0.821. The molecule has 2 aromatic heterocycles. The van der Waals surface area contributed by atoms with Gasteiger partial charge in [0.1, 0.15) is 5.69 Å². The third kappa shape index (κ3) is 2.14. The van der Waals surface area contributed by atoms with Gasteiger partial charge in [0.2, 0.25) is 5.78 Å². The van der Waals surface area contributed by atoms with Crippen LogP contribution < -0.4 is 0 Å². The Morgan fingerprint density at radius 2 is 2.00 bits per heavy atom. The van der Waals surface area contributed by atoms with Crippen LogP contribution in [-0.2, 0) is 0 Å². The first-order valence-electron chi connectivity index (χ1n) is 5.02. The van der Waals surface area contributed by atoms with E-state index in [1.165, 1.54) is 23.6 Å². The van der Waals surface area contributed by atoms with Crippen molar-refractivity contribution in [2.45, 2.75) is 13.8 Å². The SMILES string of the molecule is Cc1cc(C(=O)c2c[nH]c(C(=O)O)c2)sc1C. The van der Waals surface area contributed by atoms with Crippen molar-refractivity contribution in [2.75, 3.05) is 0 Å². The van der Waals surface area contributed by atoms with Crippen LogP contribution in [0, 0.1) is 13.8 Å². The van der Waals surface area contributed by atoms with Gasteiger partial charge in [-0.25, -0.2) is 4.79 Å². The number of thiophene rings is 1. The van der Waals surface area contributed by atoms with E-state index in [0.29, 0.717) is 10.4 Å². The first-order chi connectivity index (χ1) is 7.99. The fourth-order valence-electron chi connectivity index (χ4n) is 1.48. The number of carboxylic acid groups (broad SMARTS) is 1. The molecule has 0 aliphatic heterocycles. The molecule has 0 atom stereocenters. The van der Waals surface area contributed by atoms with E-state index in [1.54, 1.807) is 0 Å². The molecule has 0 aliphatic carbocycles. The van der Waals surface area contributed by atoms with Crippen LogP contribution in [0.15, 0.2) is 18.3 Å². The highest BCUT2D eigenvalue weighted by molar-refractivity contribution is 7.14. The first-order valence-corrected chi connectivity index (χ1v) is 5.84. The third-order valence-corrected chi connectivity index (χ3v) is 3.72. The molecule has 2 heterocycles. The second-order valence-corrected chi connectivity index (χ2v) is 5.04. The molecule has 17 heavy (non-hydrogen) atoms. The van der Waals surface area contributed by atoms with Crippen LogP contribution in [0.25, 0.3) is 0 Å². The van der Waals surface area contributed by atoms with Crippen molar-refractivity contribution < 1.29 is 14.7 Å². The van der Waals surface area contributed by atoms with E-state index in [9.17, 15) is 9.59 Å². The summed E-state index contributed by atoms with van der Waals surface area (Å²) in [5, 5.41) is 8.76. The zero-order valence-electron chi connectivity index (χ0n) is 9.40. The number of ketones is 1. The van der Waals surface area contributed by atoms with Crippen LogP contribution >= 0.6 is 11.3 Å². The summed E-state index contributed by atoms with van der Waals surface area (Å²) in [6.07, 6.45) is 1.43. The molecule has 0 aliphatic rings. The fraction of sp³-hybridized carbons (Fsp3) is 0.167. The van der Waals surface area contributed by atoms with Crippen molar-refractivity contribution in [3.63, 3.8) is 0 Å². The highest BCUT2D eigenvalue weighted by atomic mass is 32.1. The van der Waals surface area contributed by atoms with Gasteiger partial charge in [-0.1, -0.05) is 0 Å². The first kappa shape index (κ1) is 11.6. The Balaban J connectivity index is 2.33. The second-order valence-electron chi connectivity index (χ2n) is 3.79. The number of carbonyl (C=O) groups excluding carboxylic acids is 1. The van der Waals surface area contributed by atoms with Gasteiger partial charge in [0, 0.05) is 16.6 Å². The van der Waals surface area contributed by atoms with E-state index in [-0.39, 0.29) is 11.5 Å². The Morgan fingerprint density at radius 3 is 2.47 bits per heavy atom. The van der Waals surface area contributed by atoms with Gasteiger partial charge in [-0.05, 0) is 31.5 Å². The number of carboxylic acids is 1. The molecule has 0 saturated heterocycles. The van der Waals surface area contributed by atoms with Crippen molar-refractivity contribution in [3.05, 3.63) is 44.9 Å². The number of hydrogen-bond acceptors (Lipinski definition) is 3. The number of carbonyl (C=O) groups is 2. The molecule has 0 unspecified atom stereocenters. The van der Waals surface area contributed by atoms with Crippen LogP contribution in [-0.4, -0.2) is 21.8 Å². The topological polar surface area (TPSA) is 70.2 Å². The van der Waals surface area contributed by atoms with E-state index >= 15 is 0 Å². The van der Waals surface area contributed by atoms with E-state index < -0.39 is 5.97 Å². The zero-order chi connectivity index (χ0) is 12.6. The number of aromatic carboxylic acids is 1. The van der Waals surface area contributed by atoms with E-state index in [2.05, 4.69) is 4.98 Å². The lowest BCUT2D eigenvalue weighted by Crippen LogP contribution is -1.97. The summed E-state index contributed by atoms with van der Waals surface area (Å²) in [5.74, 6) is -1.21. The number of nitrogens with one attached hydrogen (secondary N) is 1. The summed E-state index contributed by atoms with van der Waals surface area (Å²) in [6, 6.07) is 3.19. The summed E-state index contributed by atoms with van der Waals surface area (Å²) < 4.78 is 0. The molecular weight excluding hydrogens is 238 g/mol. The van der Waals surface area contributed by atoms with E-state index in [1.807, 2.05) is 19.9 Å². The molecule has 4 nitrogen and oxygen atoms in total. The average Bonchev–Trinajstić information content (AvgIpc) is 2.86. The van der Waals surface area contributed by atoms with Gasteiger partial charge in [0.05, 0.1) is 4.88 Å². The monoisotopic (exact) mass is 249 g/mol. The molecule has 88 valence electrons. The summed E-state index contributed by atoms with van der Waals surface area (Å²) in [5.41, 5.74) is 1.48. The van der Waals surface area contributed by atoms with Gasteiger partial charge in [-0.15, -0.1) is 11.3 Å². The molecule has 0 amide bonds. The number of rotatable bonds is 3. The standard InChI is InChI=1S/C12H11NO3S/c1-6-3-10(17-7(6)2)11(14)8-4-9(12(15)16)13-5-8/h3-5,13H,1-2H3,(H,15,16). The normalized spacial score (nSPS) is 10.5. The molecule has 0 bridgehead atoms. The summed E-state index contributed by atoms with van der Waals surface area (Å²) >= 11 is 1.42. The maximum absolute atomic E-state index is 12.0. The van der Waals surface area contributed by atoms with Gasteiger partial charge in [-0.2, -0.15) is 0 Å². The highest BCUT2D eigenvalue weighted by Crippen LogP contribution is 2.23. The Kier molecular flexibility index (Phi) is 2.85. The molecule has 0 radical (unpaired) electrons. The largest absolute Gasteiger partial charge is 0.477 e. The predicted molar refractivity (Wildman–Crippen MR) is 65.0 cm³/mol. The van der Waals surface area contributed by atoms with Gasteiger partial charge in [0.25, 0.3) is 0 Å². The number of aromatic nitrogens is 1. The van der Waals surface area contributed by atoms with Crippen LogP contribution in [0.1, 0.15) is 36.2 Å². The molecule has 0 spiro atoms. The molecule has 0 saturated carbocycles. The van der Waals surface area contributed by atoms with Crippen molar-refractivity contribution in [2.24, 2.45) is 0 Å². The van der Waals surface area contributed by atoms with Gasteiger partial charge in [0.15, 0.2) is 0 Å². The number of aryl methyl sites for hydroxylation is 2. The molecule has 0 fully saturated rings. The van der Waals surface area contributed by atoms with Crippen LogP contribution in [0.4, 0.5) is 0 Å². The highest BCUT2D eigenvalue weighted by Gasteiger charge is 2.16. The number of aromatic amines is 1. The lowest BCUT2D eigenvalue weighted by Gasteiger charge is -1.91. The molecule has 2 aromatic rings. The Hall–Kier alpha value is -1.88.